The summed E-state index contributed by atoms with van der Waals surface area (Å²) in [6, 6.07) is 7.59. The second-order valence-corrected chi connectivity index (χ2v) is 4.55. The fourth-order valence-electron chi connectivity index (χ4n) is 1.83. The summed E-state index contributed by atoms with van der Waals surface area (Å²) in [6.45, 7) is 1.85. The molecule has 5 heteroatoms. The first kappa shape index (κ1) is 11.0. The van der Waals surface area contributed by atoms with Gasteiger partial charge in [0.2, 0.25) is 5.91 Å². The van der Waals surface area contributed by atoms with E-state index in [1.807, 2.05) is 31.2 Å². The highest BCUT2D eigenvalue weighted by atomic mass is 16.2. The standard InChI is InChI=1S/C13H14N4O/c1-8-14-12(17-16-8)10-4-2-3-5-11(10)15-13(18)9-6-7-9/h2-5,9H,6-7H2,1H3,(H,15,18)(H,14,16,17). The van der Waals surface area contributed by atoms with Gasteiger partial charge in [-0.2, -0.15) is 5.10 Å². The minimum absolute atomic E-state index is 0.0923. The molecule has 1 aliphatic carbocycles. The maximum absolute atomic E-state index is 11.8. The fraction of sp³-hybridized carbons (Fsp3) is 0.308. The quantitative estimate of drug-likeness (QED) is 0.866. The highest BCUT2D eigenvalue weighted by Gasteiger charge is 2.30. The number of aromatic nitrogens is 3. The van der Waals surface area contributed by atoms with Gasteiger partial charge in [-0.25, -0.2) is 4.98 Å². The molecule has 0 saturated heterocycles. The van der Waals surface area contributed by atoms with E-state index in [0.717, 1.165) is 29.9 Å². The van der Waals surface area contributed by atoms with Crippen LogP contribution in [-0.2, 0) is 4.79 Å². The largest absolute Gasteiger partial charge is 0.325 e. The van der Waals surface area contributed by atoms with Gasteiger partial charge in [0.05, 0.1) is 5.69 Å². The van der Waals surface area contributed by atoms with Crippen LogP contribution in [0.3, 0.4) is 0 Å². The Balaban J connectivity index is 1.91. The molecule has 2 N–H and O–H groups in total. The lowest BCUT2D eigenvalue weighted by Gasteiger charge is -2.08. The lowest BCUT2D eigenvalue weighted by Crippen LogP contribution is -2.14. The highest BCUT2D eigenvalue weighted by Crippen LogP contribution is 2.32. The molecule has 0 atom stereocenters. The van der Waals surface area contributed by atoms with Crippen LogP contribution in [0.1, 0.15) is 18.7 Å². The predicted octanol–water partition coefficient (Wildman–Crippen LogP) is 2.13. The summed E-state index contributed by atoms with van der Waals surface area (Å²) < 4.78 is 0. The Morgan fingerprint density at radius 2 is 2.17 bits per heavy atom. The van der Waals surface area contributed by atoms with Crippen LogP contribution < -0.4 is 5.32 Å². The van der Waals surface area contributed by atoms with E-state index in [-0.39, 0.29) is 11.8 Å². The van der Waals surface area contributed by atoms with Crippen LogP contribution in [0.4, 0.5) is 5.69 Å². The molecular weight excluding hydrogens is 228 g/mol. The first-order valence-electron chi connectivity index (χ1n) is 6.03. The van der Waals surface area contributed by atoms with Gasteiger partial charge in [0.25, 0.3) is 0 Å². The SMILES string of the molecule is Cc1nc(-c2ccccc2NC(=O)C2CC2)n[nH]1. The maximum atomic E-state index is 11.8. The molecule has 1 saturated carbocycles. The molecule has 2 aromatic rings. The van der Waals surface area contributed by atoms with Crippen LogP contribution in [0.2, 0.25) is 0 Å². The van der Waals surface area contributed by atoms with Crippen molar-refractivity contribution in [2.45, 2.75) is 19.8 Å². The van der Waals surface area contributed by atoms with Crippen LogP contribution in [0, 0.1) is 12.8 Å². The van der Waals surface area contributed by atoms with Gasteiger partial charge in [-0.15, -0.1) is 0 Å². The van der Waals surface area contributed by atoms with E-state index >= 15 is 0 Å². The molecule has 1 heterocycles. The number of nitrogens with one attached hydrogen (secondary N) is 2. The van der Waals surface area contributed by atoms with Gasteiger partial charge in [0.15, 0.2) is 5.82 Å². The summed E-state index contributed by atoms with van der Waals surface area (Å²) in [6.07, 6.45) is 1.99. The number of carbonyl (C=O) groups excluding carboxylic acids is 1. The van der Waals surface area contributed by atoms with Crippen LogP contribution in [0.15, 0.2) is 24.3 Å². The Labute approximate surface area is 105 Å². The number of nitrogens with zero attached hydrogens (tertiary/aromatic N) is 2. The third kappa shape index (κ3) is 2.11. The third-order valence-corrected chi connectivity index (χ3v) is 2.97. The van der Waals surface area contributed by atoms with E-state index in [1.54, 1.807) is 0 Å². The Bertz CT molecular complexity index is 586. The van der Waals surface area contributed by atoms with Crippen molar-refractivity contribution in [2.24, 2.45) is 5.92 Å². The summed E-state index contributed by atoms with van der Waals surface area (Å²) in [5, 5.41) is 9.88. The van der Waals surface area contributed by atoms with Gasteiger partial charge in [0.1, 0.15) is 5.82 Å². The third-order valence-electron chi connectivity index (χ3n) is 2.97. The first-order chi connectivity index (χ1) is 8.74. The molecule has 1 amide bonds. The molecule has 18 heavy (non-hydrogen) atoms. The number of benzene rings is 1. The summed E-state index contributed by atoms with van der Waals surface area (Å²) in [5.74, 6) is 1.65. The molecule has 1 fully saturated rings. The number of rotatable bonds is 3. The van der Waals surface area contributed by atoms with Crippen molar-refractivity contribution in [3.05, 3.63) is 30.1 Å². The Morgan fingerprint density at radius 1 is 1.39 bits per heavy atom. The second-order valence-electron chi connectivity index (χ2n) is 4.55. The second kappa shape index (κ2) is 4.25. The maximum Gasteiger partial charge on any atom is 0.227 e. The van der Waals surface area contributed by atoms with Crippen molar-refractivity contribution >= 4 is 11.6 Å². The van der Waals surface area contributed by atoms with E-state index in [4.69, 9.17) is 0 Å². The van der Waals surface area contributed by atoms with Crippen LogP contribution >= 0.6 is 0 Å². The van der Waals surface area contributed by atoms with E-state index in [2.05, 4.69) is 20.5 Å². The fourth-order valence-corrected chi connectivity index (χ4v) is 1.83. The average molecular weight is 242 g/mol. The molecule has 0 radical (unpaired) electrons. The van der Waals surface area contributed by atoms with E-state index in [1.165, 1.54) is 0 Å². The summed E-state index contributed by atoms with van der Waals surface area (Å²) in [7, 11) is 0. The van der Waals surface area contributed by atoms with Gasteiger partial charge in [-0.05, 0) is 31.9 Å². The molecule has 1 aromatic carbocycles. The zero-order valence-corrected chi connectivity index (χ0v) is 10.1. The molecule has 0 aliphatic heterocycles. The van der Waals surface area contributed by atoms with Crippen LogP contribution in [0.25, 0.3) is 11.4 Å². The van der Waals surface area contributed by atoms with Crippen molar-refractivity contribution in [2.75, 3.05) is 5.32 Å². The number of amides is 1. The van der Waals surface area contributed by atoms with Gasteiger partial charge in [0, 0.05) is 11.5 Å². The van der Waals surface area contributed by atoms with E-state index < -0.39 is 0 Å². The van der Waals surface area contributed by atoms with Crippen LogP contribution in [0.5, 0.6) is 0 Å². The van der Waals surface area contributed by atoms with E-state index in [9.17, 15) is 4.79 Å². The van der Waals surface area contributed by atoms with Crippen molar-refractivity contribution in [3.8, 4) is 11.4 Å². The lowest BCUT2D eigenvalue weighted by molar-refractivity contribution is -0.117. The van der Waals surface area contributed by atoms with Crippen molar-refractivity contribution in [1.29, 1.82) is 0 Å². The van der Waals surface area contributed by atoms with Crippen molar-refractivity contribution < 1.29 is 4.79 Å². The smallest absolute Gasteiger partial charge is 0.227 e. The summed E-state index contributed by atoms with van der Waals surface area (Å²) >= 11 is 0. The molecule has 3 rings (SSSR count). The molecule has 1 aliphatic rings. The average Bonchev–Trinajstić information content (AvgIpc) is 3.13. The molecular formula is C13H14N4O. The monoisotopic (exact) mass is 242 g/mol. The Morgan fingerprint density at radius 3 is 2.83 bits per heavy atom. The number of hydrogen-bond acceptors (Lipinski definition) is 3. The molecule has 5 nitrogen and oxygen atoms in total. The minimum Gasteiger partial charge on any atom is -0.325 e. The molecule has 92 valence electrons. The number of aromatic amines is 1. The summed E-state index contributed by atoms with van der Waals surface area (Å²) in [5.41, 5.74) is 1.62. The molecule has 1 aromatic heterocycles. The normalized spacial score (nSPS) is 14.5. The van der Waals surface area contributed by atoms with Crippen LogP contribution in [-0.4, -0.2) is 21.1 Å². The van der Waals surface area contributed by atoms with Crippen molar-refractivity contribution in [3.63, 3.8) is 0 Å². The Kier molecular flexibility index (Phi) is 2.59. The lowest BCUT2D eigenvalue weighted by atomic mass is 10.1. The molecule has 0 bridgehead atoms. The predicted molar refractivity (Wildman–Crippen MR) is 67.9 cm³/mol. The zero-order chi connectivity index (χ0) is 12.5. The topological polar surface area (TPSA) is 70.7 Å². The first-order valence-corrected chi connectivity index (χ1v) is 6.03. The van der Waals surface area contributed by atoms with Gasteiger partial charge >= 0.3 is 0 Å². The zero-order valence-electron chi connectivity index (χ0n) is 10.1. The number of aryl methyl sites for hydroxylation is 1. The van der Waals surface area contributed by atoms with E-state index in [0.29, 0.717) is 5.82 Å². The summed E-state index contributed by atoms with van der Waals surface area (Å²) in [4.78, 5) is 16.1. The Hall–Kier alpha value is -2.17. The number of anilines is 1. The minimum atomic E-state index is 0.0923. The number of H-pyrrole nitrogens is 1. The van der Waals surface area contributed by atoms with Gasteiger partial charge in [-0.1, -0.05) is 12.1 Å². The number of para-hydroxylation sites is 1. The van der Waals surface area contributed by atoms with Gasteiger partial charge in [-0.3, -0.25) is 9.89 Å². The van der Waals surface area contributed by atoms with Crippen molar-refractivity contribution in [1.82, 2.24) is 15.2 Å². The molecule has 0 spiro atoms. The van der Waals surface area contributed by atoms with Gasteiger partial charge < -0.3 is 5.32 Å². The number of carbonyl (C=O) groups is 1. The number of hydrogen-bond donors (Lipinski definition) is 2. The molecule has 0 unspecified atom stereocenters. The highest BCUT2D eigenvalue weighted by molar-refractivity contribution is 5.97.